The van der Waals surface area contributed by atoms with E-state index in [-0.39, 0.29) is 23.9 Å². The van der Waals surface area contributed by atoms with Crippen LogP contribution in [0.2, 0.25) is 0 Å². The molecule has 1 aliphatic heterocycles. The van der Waals surface area contributed by atoms with E-state index in [1.165, 1.54) is 13.2 Å². The Bertz CT molecular complexity index is 610. The molecule has 0 aromatic heterocycles. The lowest BCUT2D eigenvalue weighted by Gasteiger charge is -2.36. The molecule has 0 aromatic carbocycles. The Balaban J connectivity index is 2.52. The highest BCUT2D eigenvalue weighted by atomic mass is 16.6. The van der Waals surface area contributed by atoms with Crippen molar-refractivity contribution < 1.29 is 19.4 Å². The van der Waals surface area contributed by atoms with Crippen LogP contribution in [-0.2, 0) is 14.3 Å². The van der Waals surface area contributed by atoms with Gasteiger partial charge in [0.15, 0.2) is 0 Å². The molecule has 22 heavy (non-hydrogen) atoms. The largest absolute Gasteiger partial charge is 0.508 e. The fraction of sp³-hybridized carbons (Fsp3) is 0.500. The maximum atomic E-state index is 12.5. The van der Waals surface area contributed by atoms with Crippen molar-refractivity contribution in [1.82, 2.24) is 4.90 Å². The molecule has 120 valence electrons. The second-order valence-electron chi connectivity index (χ2n) is 6.54. The summed E-state index contributed by atoms with van der Waals surface area (Å²) in [5, 5.41) is 18.1. The van der Waals surface area contributed by atoms with Crippen molar-refractivity contribution in [2.24, 2.45) is 0 Å². The minimum atomic E-state index is -0.717. The topological polar surface area (TPSA) is 82.9 Å². The average Bonchev–Trinajstić information content (AvgIpc) is 2.58. The first-order chi connectivity index (χ1) is 10.1. The normalized spacial score (nSPS) is 24.5. The average molecular weight is 306 g/mol. The van der Waals surface area contributed by atoms with E-state index in [0.29, 0.717) is 5.57 Å². The molecule has 0 saturated heterocycles. The van der Waals surface area contributed by atoms with E-state index in [0.717, 1.165) is 0 Å². The molecular formula is C16H22N2O4. The molecule has 6 heteroatoms. The number of amidine groups is 1. The number of aliphatic hydroxyl groups is 1. The molecule has 0 aromatic rings. The maximum Gasteiger partial charge on any atom is 0.342 e. The molecule has 2 rings (SSSR count). The number of hydrogen-bond acceptors (Lipinski definition) is 5. The van der Waals surface area contributed by atoms with Gasteiger partial charge in [-0.1, -0.05) is 6.08 Å². The number of carbonyl (C=O) groups excluding carboxylic acids is 1. The van der Waals surface area contributed by atoms with Crippen molar-refractivity contribution in [3.8, 4) is 0 Å². The van der Waals surface area contributed by atoms with Crippen LogP contribution in [0.25, 0.3) is 0 Å². The number of carbonyl (C=O) groups is 1. The summed E-state index contributed by atoms with van der Waals surface area (Å²) in [6.07, 6.45) is 4.81. The van der Waals surface area contributed by atoms with E-state index < -0.39 is 17.1 Å². The van der Waals surface area contributed by atoms with Gasteiger partial charge in [0.05, 0.1) is 5.54 Å². The summed E-state index contributed by atoms with van der Waals surface area (Å²) < 4.78 is 10.6. The van der Waals surface area contributed by atoms with Gasteiger partial charge in [-0.15, -0.1) is 0 Å². The third-order valence-corrected chi connectivity index (χ3v) is 3.61. The molecule has 0 fully saturated rings. The number of esters is 1. The Morgan fingerprint density at radius 3 is 2.64 bits per heavy atom. The quantitative estimate of drug-likeness (QED) is 0.782. The van der Waals surface area contributed by atoms with E-state index >= 15 is 0 Å². The summed E-state index contributed by atoms with van der Waals surface area (Å²) in [5.74, 6) is -0.499. The Morgan fingerprint density at radius 2 is 2.09 bits per heavy atom. The molecule has 2 N–H and O–H groups in total. The van der Waals surface area contributed by atoms with Crippen LogP contribution >= 0.6 is 0 Å². The highest BCUT2D eigenvalue weighted by Gasteiger charge is 2.48. The lowest BCUT2D eigenvalue weighted by Crippen LogP contribution is -2.46. The van der Waals surface area contributed by atoms with E-state index in [9.17, 15) is 9.90 Å². The first-order valence-electron chi connectivity index (χ1n) is 7.03. The predicted molar refractivity (Wildman–Crippen MR) is 82.6 cm³/mol. The highest BCUT2D eigenvalue weighted by molar-refractivity contribution is 6.21. The summed E-state index contributed by atoms with van der Waals surface area (Å²) in [4.78, 5) is 14.2. The number of methoxy groups -OCH3 is 1. The van der Waals surface area contributed by atoms with Gasteiger partial charge in [-0.2, -0.15) is 0 Å². The zero-order chi connectivity index (χ0) is 16.7. The third kappa shape index (κ3) is 2.66. The van der Waals surface area contributed by atoms with Gasteiger partial charge < -0.3 is 19.5 Å². The highest BCUT2D eigenvalue weighted by Crippen LogP contribution is 2.41. The van der Waals surface area contributed by atoms with Crippen molar-refractivity contribution in [2.75, 3.05) is 13.8 Å². The van der Waals surface area contributed by atoms with Crippen molar-refractivity contribution in [1.29, 1.82) is 5.41 Å². The summed E-state index contributed by atoms with van der Waals surface area (Å²) in [5.41, 5.74) is -0.674. The van der Waals surface area contributed by atoms with Gasteiger partial charge in [0.25, 0.3) is 0 Å². The minimum absolute atomic E-state index is 0.0317. The summed E-state index contributed by atoms with van der Waals surface area (Å²) >= 11 is 0. The molecule has 0 amide bonds. The second-order valence-corrected chi connectivity index (χ2v) is 6.54. The van der Waals surface area contributed by atoms with Crippen molar-refractivity contribution in [2.45, 2.75) is 38.8 Å². The van der Waals surface area contributed by atoms with E-state index in [4.69, 9.17) is 14.9 Å². The number of hydrogen-bond donors (Lipinski definition) is 2. The van der Waals surface area contributed by atoms with Gasteiger partial charge in [0, 0.05) is 12.7 Å². The van der Waals surface area contributed by atoms with E-state index in [1.54, 1.807) is 37.8 Å². The van der Waals surface area contributed by atoms with Gasteiger partial charge in [-0.3, -0.25) is 5.41 Å². The molecule has 1 aliphatic carbocycles. The van der Waals surface area contributed by atoms with Crippen LogP contribution in [0.15, 0.2) is 35.1 Å². The fourth-order valence-electron chi connectivity index (χ4n) is 2.60. The van der Waals surface area contributed by atoms with Crippen molar-refractivity contribution in [3.63, 3.8) is 0 Å². The van der Waals surface area contributed by atoms with E-state index in [1.807, 2.05) is 6.92 Å². The first-order valence-corrected chi connectivity index (χ1v) is 7.03. The summed E-state index contributed by atoms with van der Waals surface area (Å²) in [6, 6.07) is 0. The van der Waals surface area contributed by atoms with Crippen molar-refractivity contribution >= 4 is 11.8 Å². The van der Waals surface area contributed by atoms with Crippen molar-refractivity contribution in [3.05, 3.63) is 35.1 Å². The molecule has 0 radical (unpaired) electrons. The molecule has 0 unspecified atom stereocenters. The number of rotatable bonds is 3. The molecule has 0 spiro atoms. The van der Waals surface area contributed by atoms with Gasteiger partial charge in [-0.05, 0) is 39.8 Å². The summed E-state index contributed by atoms with van der Waals surface area (Å²) in [6.45, 7) is 7.34. The van der Waals surface area contributed by atoms with Crippen LogP contribution in [0.4, 0.5) is 0 Å². The van der Waals surface area contributed by atoms with Crippen LogP contribution in [0, 0.1) is 5.41 Å². The molecule has 6 nitrogen and oxygen atoms in total. The fourth-order valence-corrected chi connectivity index (χ4v) is 2.60. The lowest BCUT2D eigenvalue weighted by atomic mass is 9.87. The standard InChI is InChI=1S/C16H22N2O4/c1-15(2,3)22-14(20)12-11-8-10(19)6-7-16(11,4)18(9-21-5)13(12)17/h6-8,17,19H,9H2,1-5H3/t16-/m0/s1. The van der Waals surface area contributed by atoms with Gasteiger partial charge in [-0.25, -0.2) is 4.79 Å². The van der Waals surface area contributed by atoms with Crippen LogP contribution in [0.5, 0.6) is 0 Å². The van der Waals surface area contributed by atoms with Crippen LogP contribution < -0.4 is 0 Å². The zero-order valence-electron chi connectivity index (χ0n) is 13.6. The molecule has 0 saturated carbocycles. The second kappa shape index (κ2) is 5.28. The van der Waals surface area contributed by atoms with Gasteiger partial charge >= 0.3 is 5.97 Å². The van der Waals surface area contributed by atoms with Crippen LogP contribution in [0.3, 0.4) is 0 Å². The van der Waals surface area contributed by atoms with Crippen LogP contribution in [0.1, 0.15) is 27.7 Å². The predicted octanol–water partition coefficient (Wildman–Crippen LogP) is 2.29. The zero-order valence-corrected chi connectivity index (χ0v) is 13.6. The SMILES string of the molecule is COCN1C(=N)C(C(=O)OC(C)(C)C)=C2C=C(O)C=C[C@@]21C. The minimum Gasteiger partial charge on any atom is -0.508 e. The molecule has 1 heterocycles. The Hall–Kier alpha value is -2.08. The maximum absolute atomic E-state index is 12.5. The number of nitrogens with one attached hydrogen (secondary N) is 1. The molecule has 1 atom stereocenters. The van der Waals surface area contributed by atoms with Gasteiger partial charge in [0.1, 0.15) is 29.5 Å². The van der Waals surface area contributed by atoms with Gasteiger partial charge in [0.2, 0.25) is 0 Å². The van der Waals surface area contributed by atoms with Crippen LogP contribution in [-0.4, -0.2) is 46.8 Å². The smallest absolute Gasteiger partial charge is 0.342 e. The number of allylic oxidation sites excluding steroid dienone is 1. The number of aliphatic hydroxyl groups excluding tert-OH is 1. The number of fused-ring (bicyclic) bond motifs is 1. The summed E-state index contributed by atoms with van der Waals surface area (Å²) in [7, 11) is 1.53. The Morgan fingerprint density at radius 1 is 1.45 bits per heavy atom. The molecule has 2 aliphatic rings. The monoisotopic (exact) mass is 306 g/mol. The molecular weight excluding hydrogens is 284 g/mol. The Labute approximate surface area is 130 Å². The van der Waals surface area contributed by atoms with E-state index in [2.05, 4.69) is 0 Å². The number of ether oxygens (including phenoxy) is 2. The number of nitrogens with zero attached hydrogens (tertiary/aromatic N) is 1. The first kappa shape index (κ1) is 16.3. The lowest BCUT2D eigenvalue weighted by molar-refractivity contribution is -0.149. The third-order valence-electron chi connectivity index (χ3n) is 3.61. The Kier molecular flexibility index (Phi) is 3.91. The molecule has 0 bridgehead atoms.